The van der Waals surface area contributed by atoms with Gasteiger partial charge in [-0.05, 0) is 12.1 Å². The molecule has 0 amide bonds. The third-order valence-electron chi connectivity index (χ3n) is 1.66. The zero-order valence-corrected chi connectivity index (χ0v) is 6.27. The predicted octanol–water partition coefficient (Wildman–Crippen LogP) is 0.729. The Hall–Kier alpha value is -1.84. The summed E-state index contributed by atoms with van der Waals surface area (Å²) in [5.41, 5.74) is 6.72. The molecule has 0 saturated heterocycles. The maximum Gasteiger partial charge on any atom is 0.170 e. The number of nitrogens with zero attached hydrogens (tertiary/aromatic N) is 2. The van der Waals surface area contributed by atoms with Crippen LogP contribution in [0.4, 0.5) is 5.82 Å². The third-order valence-corrected chi connectivity index (χ3v) is 1.66. The van der Waals surface area contributed by atoms with Crippen molar-refractivity contribution in [3.8, 4) is 0 Å². The van der Waals surface area contributed by atoms with Gasteiger partial charge in [-0.25, -0.2) is 4.98 Å². The Kier molecular flexibility index (Phi) is 1.33. The number of aromatic nitrogens is 2. The van der Waals surface area contributed by atoms with E-state index in [0.717, 1.165) is 0 Å². The second-order valence-corrected chi connectivity index (χ2v) is 2.46. The molecule has 0 fully saturated rings. The topological polar surface area (TPSA) is 60.4 Å². The van der Waals surface area contributed by atoms with Crippen LogP contribution in [0.3, 0.4) is 0 Å². The van der Waals surface area contributed by atoms with Gasteiger partial charge in [0, 0.05) is 6.20 Å². The molecule has 0 aliphatic carbocycles. The number of nitrogens with two attached hydrogens (primary N) is 1. The van der Waals surface area contributed by atoms with Crippen LogP contribution in [0.15, 0.2) is 24.4 Å². The summed E-state index contributed by atoms with van der Waals surface area (Å²) in [6, 6.07) is 5.35. The second kappa shape index (κ2) is 2.34. The number of anilines is 1. The number of hydrogen-bond donors (Lipinski definition) is 1. The molecule has 2 aromatic rings. The maximum atomic E-state index is 10.4. The Morgan fingerprint density at radius 3 is 3.00 bits per heavy atom. The Morgan fingerprint density at radius 2 is 2.33 bits per heavy atom. The zero-order chi connectivity index (χ0) is 8.55. The van der Waals surface area contributed by atoms with Gasteiger partial charge in [-0.1, -0.05) is 6.07 Å². The minimum Gasteiger partial charge on any atom is -0.385 e. The molecular weight excluding hydrogens is 154 g/mol. The normalized spacial score (nSPS) is 10.3. The van der Waals surface area contributed by atoms with Crippen LogP contribution in [0, 0.1) is 0 Å². The van der Waals surface area contributed by atoms with E-state index in [0.29, 0.717) is 23.4 Å². The minimum absolute atomic E-state index is 0.396. The van der Waals surface area contributed by atoms with Crippen LogP contribution in [0.1, 0.15) is 10.5 Å². The van der Waals surface area contributed by atoms with Crippen LogP contribution in [-0.4, -0.2) is 15.7 Å². The maximum absolute atomic E-state index is 10.4. The highest BCUT2D eigenvalue weighted by molar-refractivity contribution is 5.73. The van der Waals surface area contributed by atoms with Crippen molar-refractivity contribution in [2.75, 3.05) is 5.73 Å². The smallest absolute Gasteiger partial charge is 0.170 e. The SMILES string of the molecule is Nc1cccc2nc(C=O)cn12. The lowest BCUT2D eigenvalue weighted by atomic mass is 10.4. The summed E-state index contributed by atoms with van der Waals surface area (Å²) in [7, 11) is 0. The van der Waals surface area contributed by atoms with Gasteiger partial charge in [0.15, 0.2) is 6.29 Å². The van der Waals surface area contributed by atoms with Crippen molar-refractivity contribution in [3.05, 3.63) is 30.1 Å². The first kappa shape index (κ1) is 6.84. The number of fused-ring (bicyclic) bond motifs is 1. The summed E-state index contributed by atoms with van der Waals surface area (Å²) in [5.74, 6) is 0.577. The Labute approximate surface area is 68.6 Å². The van der Waals surface area contributed by atoms with E-state index in [1.54, 1.807) is 28.8 Å². The molecule has 0 radical (unpaired) electrons. The monoisotopic (exact) mass is 161 g/mol. The van der Waals surface area contributed by atoms with E-state index in [-0.39, 0.29) is 0 Å². The largest absolute Gasteiger partial charge is 0.385 e. The summed E-state index contributed by atoms with van der Waals surface area (Å²) in [4.78, 5) is 14.4. The first-order valence-corrected chi connectivity index (χ1v) is 3.50. The van der Waals surface area contributed by atoms with Crippen molar-refractivity contribution in [3.63, 3.8) is 0 Å². The number of imidazole rings is 1. The van der Waals surface area contributed by atoms with Crippen LogP contribution in [0.5, 0.6) is 0 Å². The molecule has 4 heteroatoms. The van der Waals surface area contributed by atoms with Gasteiger partial charge >= 0.3 is 0 Å². The average Bonchev–Trinajstić information content (AvgIpc) is 2.49. The Bertz CT molecular complexity index is 433. The van der Waals surface area contributed by atoms with Crippen LogP contribution in [0.2, 0.25) is 0 Å². The molecule has 2 rings (SSSR count). The second-order valence-electron chi connectivity index (χ2n) is 2.46. The highest BCUT2D eigenvalue weighted by Gasteiger charge is 2.00. The van der Waals surface area contributed by atoms with Crippen LogP contribution >= 0.6 is 0 Å². The molecule has 0 saturated carbocycles. The van der Waals surface area contributed by atoms with Crippen molar-refractivity contribution in [2.45, 2.75) is 0 Å². The first-order chi connectivity index (χ1) is 5.81. The number of rotatable bonds is 1. The van der Waals surface area contributed by atoms with Gasteiger partial charge in [-0.15, -0.1) is 0 Å². The zero-order valence-electron chi connectivity index (χ0n) is 6.27. The lowest BCUT2D eigenvalue weighted by Gasteiger charge is -1.95. The van der Waals surface area contributed by atoms with E-state index < -0.39 is 0 Å². The lowest BCUT2D eigenvalue weighted by Crippen LogP contribution is -1.93. The summed E-state index contributed by atoms with van der Waals surface area (Å²) >= 11 is 0. The van der Waals surface area contributed by atoms with Gasteiger partial charge < -0.3 is 5.73 Å². The van der Waals surface area contributed by atoms with Gasteiger partial charge in [0.25, 0.3) is 0 Å². The highest BCUT2D eigenvalue weighted by atomic mass is 16.1. The molecule has 2 aromatic heterocycles. The van der Waals surface area contributed by atoms with Crippen molar-refractivity contribution in [2.24, 2.45) is 0 Å². The number of hydrogen-bond acceptors (Lipinski definition) is 3. The molecular formula is C8H7N3O. The molecule has 0 aliphatic heterocycles. The fraction of sp³-hybridized carbons (Fsp3) is 0. The Balaban J connectivity index is 2.82. The molecule has 0 aromatic carbocycles. The molecule has 2 N–H and O–H groups in total. The van der Waals surface area contributed by atoms with Crippen molar-refractivity contribution in [1.82, 2.24) is 9.38 Å². The van der Waals surface area contributed by atoms with Crippen molar-refractivity contribution in [1.29, 1.82) is 0 Å². The van der Waals surface area contributed by atoms with Gasteiger partial charge in [-0.2, -0.15) is 0 Å². The molecule has 12 heavy (non-hydrogen) atoms. The summed E-state index contributed by atoms with van der Waals surface area (Å²) in [6.07, 6.45) is 2.31. The fourth-order valence-corrected chi connectivity index (χ4v) is 1.11. The molecule has 60 valence electrons. The van der Waals surface area contributed by atoms with E-state index in [1.165, 1.54) is 0 Å². The summed E-state index contributed by atoms with van der Waals surface area (Å²) < 4.78 is 1.67. The summed E-state index contributed by atoms with van der Waals surface area (Å²) in [6.45, 7) is 0. The van der Waals surface area contributed by atoms with Crippen LogP contribution in [0.25, 0.3) is 5.65 Å². The first-order valence-electron chi connectivity index (χ1n) is 3.50. The number of pyridine rings is 1. The third kappa shape index (κ3) is 0.852. The summed E-state index contributed by atoms with van der Waals surface area (Å²) in [5, 5.41) is 0. The quantitative estimate of drug-likeness (QED) is 0.627. The lowest BCUT2D eigenvalue weighted by molar-refractivity contribution is 0.111. The minimum atomic E-state index is 0.396. The van der Waals surface area contributed by atoms with E-state index in [2.05, 4.69) is 4.98 Å². The molecule has 0 aliphatic rings. The van der Waals surface area contributed by atoms with Crippen LogP contribution in [-0.2, 0) is 0 Å². The van der Waals surface area contributed by atoms with E-state index in [9.17, 15) is 4.79 Å². The van der Waals surface area contributed by atoms with Crippen molar-refractivity contribution < 1.29 is 4.79 Å². The average molecular weight is 161 g/mol. The molecule has 0 atom stereocenters. The predicted molar refractivity (Wildman–Crippen MR) is 45.0 cm³/mol. The standard InChI is InChI=1S/C8H7N3O/c9-7-2-1-3-8-10-6(5-12)4-11(7)8/h1-5H,9H2. The number of carbonyl (C=O) groups excluding carboxylic acids is 1. The van der Waals surface area contributed by atoms with Gasteiger partial charge in [0.05, 0.1) is 0 Å². The number of aldehydes is 1. The Morgan fingerprint density at radius 1 is 1.50 bits per heavy atom. The number of carbonyl (C=O) groups is 1. The van der Waals surface area contributed by atoms with E-state index in [1.807, 2.05) is 0 Å². The van der Waals surface area contributed by atoms with E-state index in [4.69, 9.17) is 5.73 Å². The molecule has 2 heterocycles. The van der Waals surface area contributed by atoms with Crippen LogP contribution < -0.4 is 5.73 Å². The highest BCUT2D eigenvalue weighted by Crippen LogP contribution is 2.08. The van der Waals surface area contributed by atoms with Crippen molar-refractivity contribution >= 4 is 17.8 Å². The molecule has 0 unspecified atom stereocenters. The fourth-order valence-electron chi connectivity index (χ4n) is 1.11. The molecule has 4 nitrogen and oxygen atoms in total. The molecule has 0 spiro atoms. The molecule has 0 bridgehead atoms. The van der Waals surface area contributed by atoms with Gasteiger partial charge in [0.1, 0.15) is 17.2 Å². The van der Waals surface area contributed by atoms with E-state index >= 15 is 0 Å². The van der Waals surface area contributed by atoms with Gasteiger partial charge in [-0.3, -0.25) is 9.20 Å². The number of nitrogen functional groups attached to an aromatic ring is 1. The van der Waals surface area contributed by atoms with Gasteiger partial charge in [0.2, 0.25) is 0 Å².